The van der Waals surface area contributed by atoms with Gasteiger partial charge in [-0.1, -0.05) is 33.6 Å². The lowest BCUT2D eigenvalue weighted by atomic mass is 10.0. The zero-order valence-corrected chi connectivity index (χ0v) is 9.73. The van der Waals surface area contributed by atoms with E-state index < -0.39 is 0 Å². The number of carbonyl (C=O) groups is 1. The van der Waals surface area contributed by atoms with Gasteiger partial charge in [0.05, 0.1) is 0 Å². The SMILES string of the molecule is CCNCCC(=O)NCC(CC)CC. The Labute approximate surface area is 87.6 Å². The Morgan fingerprint density at radius 3 is 2.36 bits per heavy atom. The molecule has 0 rings (SSSR count). The Morgan fingerprint density at radius 1 is 1.21 bits per heavy atom. The van der Waals surface area contributed by atoms with E-state index in [0.717, 1.165) is 32.5 Å². The Kier molecular flexibility index (Phi) is 8.64. The van der Waals surface area contributed by atoms with Crippen LogP contribution in [0.5, 0.6) is 0 Å². The van der Waals surface area contributed by atoms with Crippen LogP contribution in [0.15, 0.2) is 0 Å². The second-order valence-corrected chi connectivity index (χ2v) is 3.59. The first-order valence-corrected chi connectivity index (χ1v) is 5.71. The first kappa shape index (κ1) is 13.4. The maximum atomic E-state index is 11.3. The molecule has 14 heavy (non-hydrogen) atoms. The highest BCUT2D eigenvalue weighted by atomic mass is 16.1. The fourth-order valence-electron chi connectivity index (χ4n) is 1.30. The van der Waals surface area contributed by atoms with Crippen molar-refractivity contribution in [2.45, 2.75) is 40.0 Å². The van der Waals surface area contributed by atoms with Crippen LogP contribution in [-0.4, -0.2) is 25.5 Å². The number of amides is 1. The van der Waals surface area contributed by atoms with Crippen molar-refractivity contribution in [2.24, 2.45) is 5.92 Å². The summed E-state index contributed by atoms with van der Waals surface area (Å²) in [4.78, 5) is 11.3. The van der Waals surface area contributed by atoms with Crippen molar-refractivity contribution < 1.29 is 4.79 Å². The molecule has 0 unspecified atom stereocenters. The molecule has 0 aromatic carbocycles. The van der Waals surface area contributed by atoms with Gasteiger partial charge in [0.2, 0.25) is 5.91 Å². The zero-order valence-electron chi connectivity index (χ0n) is 9.73. The van der Waals surface area contributed by atoms with Gasteiger partial charge in [-0.15, -0.1) is 0 Å². The molecule has 0 fully saturated rings. The van der Waals surface area contributed by atoms with Gasteiger partial charge in [0.1, 0.15) is 0 Å². The van der Waals surface area contributed by atoms with Crippen LogP contribution in [-0.2, 0) is 4.79 Å². The summed E-state index contributed by atoms with van der Waals surface area (Å²) in [5.41, 5.74) is 0. The quantitative estimate of drug-likeness (QED) is 0.584. The molecular formula is C11H24N2O. The van der Waals surface area contributed by atoms with Crippen molar-refractivity contribution in [2.75, 3.05) is 19.6 Å². The van der Waals surface area contributed by atoms with Crippen molar-refractivity contribution in [3.8, 4) is 0 Å². The molecule has 0 saturated carbocycles. The van der Waals surface area contributed by atoms with E-state index in [9.17, 15) is 4.79 Å². The standard InChI is InChI=1S/C11H24N2O/c1-4-10(5-2)9-13-11(14)7-8-12-6-3/h10,12H,4-9H2,1-3H3,(H,13,14). The fraction of sp³-hybridized carbons (Fsp3) is 0.909. The highest BCUT2D eigenvalue weighted by molar-refractivity contribution is 5.76. The molecule has 3 nitrogen and oxygen atoms in total. The normalized spacial score (nSPS) is 10.6. The summed E-state index contributed by atoms with van der Waals surface area (Å²) in [5, 5.41) is 6.10. The minimum absolute atomic E-state index is 0.165. The lowest BCUT2D eigenvalue weighted by molar-refractivity contribution is -0.121. The molecular weight excluding hydrogens is 176 g/mol. The van der Waals surface area contributed by atoms with Crippen molar-refractivity contribution in [1.29, 1.82) is 0 Å². The van der Waals surface area contributed by atoms with E-state index in [1.165, 1.54) is 0 Å². The summed E-state index contributed by atoms with van der Waals surface area (Å²) in [6.45, 7) is 8.92. The van der Waals surface area contributed by atoms with Gasteiger partial charge in [-0.05, 0) is 12.5 Å². The van der Waals surface area contributed by atoms with Gasteiger partial charge in [0.15, 0.2) is 0 Å². The second-order valence-electron chi connectivity index (χ2n) is 3.59. The second kappa shape index (κ2) is 9.00. The Bertz CT molecular complexity index is 144. The average molecular weight is 200 g/mol. The van der Waals surface area contributed by atoms with Gasteiger partial charge < -0.3 is 10.6 Å². The van der Waals surface area contributed by atoms with Gasteiger partial charge in [0.25, 0.3) is 0 Å². The molecule has 3 heteroatoms. The van der Waals surface area contributed by atoms with Gasteiger partial charge >= 0.3 is 0 Å². The Hall–Kier alpha value is -0.570. The first-order valence-electron chi connectivity index (χ1n) is 5.71. The maximum absolute atomic E-state index is 11.3. The van der Waals surface area contributed by atoms with E-state index in [1.54, 1.807) is 0 Å². The largest absolute Gasteiger partial charge is 0.356 e. The smallest absolute Gasteiger partial charge is 0.221 e. The van der Waals surface area contributed by atoms with E-state index in [4.69, 9.17) is 0 Å². The van der Waals surface area contributed by atoms with Crippen molar-refractivity contribution >= 4 is 5.91 Å². The summed E-state index contributed by atoms with van der Waals surface area (Å²) >= 11 is 0. The maximum Gasteiger partial charge on any atom is 0.221 e. The molecule has 0 atom stereocenters. The van der Waals surface area contributed by atoms with Crippen molar-refractivity contribution in [3.63, 3.8) is 0 Å². The third-order valence-corrected chi connectivity index (χ3v) is 2.52. The minimum atomic E-state index is 0.165. The molecule has 0 aliphatic rings. The van der Waals surface area contributed by atoms with Gasteiger partial charge in [-0.2, -0.15) is 0 Å². The minimum Gasteiger partial charge on any atom is -0.356 e. The summed E-state index contributed by atoms with van der Waals surface area (Å²) in [6.07, 6.45) is 2.88. The molecule has 0 heterocycles. The van der Waals surface area contributed by atoms with Crippen LogP contribution < -0.4 is 10.6 Å². The Morgan fingerprint density at radius 2 is 1.86 bits per heavy atom. The average Bonchev–Trinajstić information content (AvgIpc) is 2.20. The van der Waals surface area contributed by atoms with Gasteiger partial charge in [-0.3, -0.25) is 4.79 Å². The molecule has 0 aromatic rings. The number of nitrogens with one attached hydrogen (secondary N) is 2. The highest BCUT2D eigenvalue weighted by Gasteiger charge is 2.05. The van der Waals surface area contributed by atoms with Crippen LogP contribution in [0.2, 0.25) is 0 Å². The lowest BCUT2D eigenvalue weighted by Crippen LogP contribution is -2.31. The molecule has 1 amide bonds. The number of rotatable bonds is 8. The summed E-state index contributed by atoms with van der Waals surface area (Å²) < 4.78 is 0. The van der Waals surface area contributed by atoms with E-state index in [1.807, 2.05) is 6.92 Å². The highest BCUT2D eigenvalue weighted by Crippen LogP contribution is 2.04. The molecule has 0 bridgehead atoms. The zero-order chi connectivity index (χ0) is 10.8. The summed E-state index contributed by atoms with van der Waals surface area (Å²) in [7, 11) is 0. The van der Waals surface area contributed by atoms with E-state index >= 15 is 0 Å². The molecule has 0 spiro atoms. The van der Waals surface area contributed by atoms with Crippen LogP contribution in [0.3, 0.4) is 0 Å². The predicted molar refractivity (Wildman–Crippen MR) is 60.2 cm³/mol. The van der Waals surface area contributed by atoms with Crippen LogP contribution in [0, 0.1) is 5.92 Å². The van der Waals surface area contributed by atoms with Gasteiger partial charge in [0, 0.05) is 19.5 Å². The summed E-state index contributed by atoms with van der Waals surface area (Å²) in [5.74, 6) is 0.802. The van der Waals surface area contributed by atoms with Crippen LogP contribution in [0.4, 0.5) is 0 Å². The predicted octanol–water partition coefficient (Wildman–Crippen LogP) is 1.54. The van der Waals surface area contributed by atoms with Crippen molar-refractivity contribution in [3.05, 3.63) is 0 Å². The van der Waals surface area contributed by atoms with Crippen LogP contribution in [0.1, 0.15) is 40.0 Å². The number of hydrogen-bond acceptors (Lipinski definition) is 2. The first-order chi connectivity index (χ1) is 6.74. The molecule has 2 N–H and O–H groups in total. The van der Waals surface area contributed by atoms with Crippen LogP contribution in [0.25, 0.3) is 0 Å². The lowest BCUT2D eigenvalue weighted by Gasteiger charge is -2.13. The third kappa shape index (κ3) is 6.89. The van der Waals surface area contributed by atoms with E-state index in [0.29, 0.717) is 12.3 Å². The molecule has 0 aromatic heterocycles. The Balaban J connectivity index is 3.42. The van der Waals surface area contributed by atoms with E-state index in [2.05, 4.69) is 24.5 Å². The molecule has 84 valence electrons. The molecule has 0 saturated heterocycles. The third-order valence-electron chi connectivity index (χ3n) is 2.52. The molecule has 0 aliphatic carbocycles. The van der Waals surface area contributed by atoms with Crippen molar-refractivity contribution in [1.82, 2.24) is 10.6 Å². The number of carbonyl (C=O) groups excluding carboxylic acids is 1. The molecule has 0 radical (unpaired) electrons. The fourth-order valence-corrected chi connectivity index (χ4v) is 1.30. The van der Waals surface area contributed by atoms with Crippen LogP contribution >= 0.6 is 0 Å². The van der Waals surface area contributed by atoms with Gasteiger partial charge in [-0.25, -0.2) is 0 Å². The summed E-state index contributed by atoms with van der Waals surface area (Å²) in [6, 6.07) is 0. The molecule has 0 aliphatic heterocycles. The monoisotopic (exact) mass is 200 g/mol. The van der Waals surface area contributed by atoms with E-state index in [-0.39, 0.29) is 5.91 Å². The number of hydrogen-bond donors (Lipinski definition) is 2. The topological polar surface area (TPSA) is 41.1 Å².